The minimum Gasteiger partial charge on any atom is -0.461 e. The molecule has 5 rings (SSSR count). The monoisotopic (exact) mass is 433 g/mol. The second kappa shape index (κ2) is 7.66. The summed E-state index contributed by atoms with van der Waals surface area (Å²) in [6.07, 6.45) is 1.68. The molecule has 2 N–H and O–H groups in total. The predicted molar refractivity (Wildman–Crippen MR) is 123 cm³/mol. The molecule has 31 heavy (non-hydrogen) atoms. The zero-order valence-electron chi connectivity index (χ0n) is 17.5. The lowest BCUT2D eigenvalue weighted by Gasteiger charge is -2.41. The number of halogens is 1. The van der Waals surface area contributed by atoms with Crippen LogP contribution in [0.15, 0.2) is 60.7 Å². The van der Waals surface area contributed by atoms with Crippen molar-refractivity contribution in [2.45, 2.75) is 38.4 Å². The third kappa shape index (κ3) is 4.03. The molecule has 158 valence electrons. The highest BCUT2D eigenvalue weighted by atomic mass is 35.5. The van der Waals surface area contributed by atoms with Gasteiger partial charge in [0, 0.05) is 5.56 Å². The second-order valence-electron chi connectivity index (χ2n) is 8.74. The van der Waals surface area contributed by atoms with Crippen molar-refractivity contribution in [1.82, 2.24) is 15.0 Å². The van der Waals surface area contributed by atoms with E-state index in [-0.39, 0.29) is 12.0 Å². The molecule has 0 radical (unpaired) electrons. The van der Waals surface area contributed by atoms with Gasteiger partial charge in [-0.1, -0.05) is 66.2 Å². The molecule has 1 aliphatic carbocycles. The number of H-pyrrole nitrogens is 1. The van der Waals surface area contributed by atoms with E-state index in [4.69, 9.17) is 16.3 Å². The molecule has 1 saturated carbocycles. The molecule has 0 aliphatic heterocycles. The summed E-state index contributed by atoms with van der Waals surface area (Å²) in [4.78, 5) is 12.3. The fraction of sp³-hybridized carbons (Fsp3) is 0.280. The van der Waals surface area contributed by atoms with Gasteiger partial charge in [-0.05, 0) is 49.8 Å². The molecule has 2 heterocycles. The number of nitrogens with one attached hydrogen (secondary N) is 1. The number of aromatic amines is 1. The fourth-order valence-electron chi connectivity index (χ4n) is 4.00. The van der Waals surface area contributed by atoms with Crippen molar-refractivity contribution in [3.05, 3.63) is 65.7 Å². The van der Waals surface area contributed by atoms with Gasteiger partial charge in [0.1, 0.15) is 6.10 Å². The summed E-state index contributed by atoms with van der Waals surface area (Å²) in [6.45, 7) is 3.68. The van der Waals surface area contributed by atoms with E-state index < -0.39 is 5.60 Å². The standard InChI is InChI=1S/C25H24ClN3O2/c1-25(2,30)18-12-19(13-18)31-24-27-21-14-20(26)22(28-23(21)29-24)17-10-8-16(9-11-17)15-6-4-3-5-7-15/h3-11,14,18-19,30H,12-13H2,1-2H3,(H,27,28,29). The first-order chi connectivity index (χ1) is 14.9. The summed E-state index contributed by atoms with van der Waals surface area (Å²) in [6, 6.07) is 20.7. The lowest BCUT2D eigenvalue weighted by molar-refractivity contribution is -0.0692. The Balaban J connectivity index is 1.36. The first kappa shape index (κ1) is 20.0. The number of imidazole rings is 1. The van der Waals surface area contributed by atoms with E-state index in [1.54, 1.807) is 0 Å². The maximum Gasteiger partial charge on any atom is 0.296 e. The third-order valence-electron chi connectivity index (χ3n) is 6.04. The van der Waals surface area contributed by atoms with Crippen LogP contribution in [-0.4, -0.2) is 31.8 Å². The van der Waals surface area contributed by atoms with Gasteiger partial charge < -0.3 is 14.8 Å². The van der Waals surface area contributed by atoms with Crippen LogP contribution in [0.4, 0.5) is 0 Å². The van der Waals surface area contributed by atoms with Crippen LogP contribution >= 0.6 is 11.6 Å². The van der Waals surface area contributed by atoms with Gasteiger partial charge in [0.05, 0.1) is 21.8 Å². The van der Waals surface area contributed by atoms with Crippen LogP contribution in [0.2, 0.25) is 5.02 Å². The number of fused-ring (bicyclic) bond motifs is 1. The van der Waals surface area contributed by atoms with Crippen molar-refractivity contribution in [3.63, 3.8) is 0 Å². The molecule has 1 fully saturated rings. The minimum atomic E-state index is -0.673. The first-order valence-corrected chi connectivity index (χ1v) is 10.9. The van der Waals surface area contributed by atoms with Gasteiger partial charge in [0.25, 0.3) is 6.01 Å². The van der Waals surface area contributed by atoms with Crippen molar-refractivity contribution in [2.75, 3.05) is 0 Å². The highest BCUT2D eigenvalue weighted by Gasteiger charge is 2.40. The van der Waals surface area contributed by atoms with Crippen LogP contribution in [0.1, 0.15) is 26.7 Å². The summed E-state index contributed by atoms with van der Waals surface area (Å²) in [5, 5.41) is 10.6. The van der Waals surface area contributed by atoms with Gasteiger partial charge >= 0.3 is 0 Å². The highest BCUT2D eigenvalue weighted by Crippen LogP contribution is 2.38. The van der Waals surface area contributed by atoms with E-state index in [0.29, 0.717) is 22.4 Å². The summed E-state index contributed by atoms with van der Waals surface area (Å²) in [5.41, 5.74) is 4.57. The van der Waals surface area contributed by atoms with Crippen molar-refractivity contribution in [1.29, 1.82) is 0 Å². The molecule has 2 aromatic heterocycles. The molecule has 0 saturated heterocycles. The van der Waals surface area contributed by atoms with Crippen LogP contribution < -0.4 is 4.74 Å². The van der Waals surface area contributed by atoms with E-state index in [2.05, 4.69) is 39.2 Å². The number of hydrogen-bond donors (Lipinski definition) is 2. The molecule has 0 spiro atoms. The van der Waals surface area contributed by atoms with E-state index >= 15 is 0 Å². The average molecular weight is 434 g/mol. The lowest BCUT2D eigenvalue weighted by Crippen LogP contribution is -2.45. The molecule has 4 aromatic rings. The fourth-order valence-corrected chi connectivity index (χ4v) is 4.26. The van der Waals surface area contributed by atoms with Gasteiger partial charge in [-0.2, -0.15) is 4.98 Å². The van der Waals surface area contributed by atoms with Crippen LogP contribution in [0.25, 0.3) is 33.5 Å². The first-order valence-electron chi connectivity index (χ1n) is 10.5. The van der Waals surface area contributed by atoms with Crippen molar-refractivity contribution in [2.24, 2.45) is 5.92 Å². The van der Waals surface area contributed by atoms with Gasteiger partial charge in [-0.3, -0.25) is 0 Å². The molecule has 5 nitrogen and oxygen atoms in total. The van der Waals surface area contributed by atoms with Gasteiger partial charge in [-0.25, -0.2) is 4.98 Å². The zero-order chi connectivity index (χ0) is 21.6. The Bertz CT molecular complexity index is 1210. The van der Waals surface area contributed by atoms with E-state index in [0.717, 1.165) is 29.5 Å². The number of aliphatic hydroxyl groups is 1. The Kier molecular flexibility index (Phi) is 4.95. The average Bonchev–Trinajstić information content (AvgIpc) is 3.11. The summed E-state index contributed by atoms with van der Waals surface area (Å²) < 4.78 is 5.95. The van der Waals surface area contributed by atoms with Gasteiger partial charge in [0.2, 0.25) is 0 Å². The van der Waals surface area contributed by atoms with Crippen LogP contribution in [0.3, 0.4) is 0 Å². The van der Waals surface area contributed by atoms with E-state index in [1.807, 2.05) is 50.2 Å². The van der Waals surface area contributed by atoms with Crippen molar-refractivity contribution >= 4 is 22.8 Å². The maximum absolute atomic E-state index is 10.1. The lowest BCUT2D eigenvalue weighted by atomic mass is 9.72. The molecule has 0 amide bonds. The Morgan fingerprint density at radius 3 is 2.29 bits per heavy atom. The van der Waals surface area contributed by atoms with Crippen molar-refractivity contribution < 1.29 is 9.84 Å². The number of pyridine rings is 1. The van der Waals surface area contributed by atoms with Crippen LogP contribution in [-0.2, 0) is 0 Å². The van der Waals surface area contributed by atoms with Gasteiger partial charge in [0.15, 0.2) is 5.65 Å². The predicted octanol–water partition coefficient (Wildman–Crippen LogP) is 5.87. The molecule has 2 aromatic carbocycles. The molecule has 0 atom stereocenters. The molecule has 0 bridgehead atoms. The summed E-state index contributed by atoms with van der Waals surface area (Å²) >= 11 is 6.54. The molecular formula is C25H24ClN3O2. The van der Waals surface area contributed by atoms with Crippen LogP contribution in [0, 0.1) is 5.92 Å². The number of benzene rings is 2. The van der Waals surface area contributed by atoms with E-state index in [1.165, 1.54) is 5.56 Å². The number of ether oxygens (including phenoxy) is 1. The highest BCUT2D eigenvalue weighted by molar-refractivity contribution is 6.33. The Labute approximate surface area is 186 Å². The van der Waals surface area contributed by atoms with Crippen LogP contribution in [0.5, 0.6) is 6.01 Å². The maximum atomic E-state index is 10.1. The SMILES string of the molecule is CC(C)(O)C1CC(Oc2nc3nc(-c4ccc(-c5ccccc5)cc4)c(Cl)cc3[nH]2)C1. The number of aromatic nitrogens is 3. The number of hydrogen-bond acceptors (Lipinski definition) is 4. The Morgan fingerprint density at radius 1 is 0.968 bits per heavy atom. The normalized spacial score (nSPS) is 18.7. The second-order valence-corrected chi connectivity index (χ2v) is 9.14. The molecule has 1 aliphatic rings. The van der Waals surface area contributed by atoms with E-state index in [9.17, 15) is 5.11 Å². The molecule has 6 heteroatoms. The third-order valence-corrected chi connectivity index (χ3v) is 6.33. The topological polar surface area (TPSA) is 71.0 Å². The summed E-state index contributed by atoms with van der Waals surface area (Å²) in [5.74, 6) is 0.250. The Morgan fingerprint density at radius 2 is 1.61 bits per heavy atom. The minimum absolute atomic E-state index is 0.0532. The smallest absolute Gasteiger partial charge is 0.296 e. The zero-order valence-corrected chi connectivity index (χ0v) is 18.2. The number of rotatable bonds is 5. The van der Waals surface area contributed by atoms with Gasteiger partial charge in [-0.15, -0.1) is 0 Å². The molecule has 0 unspecified atom stereocenters. The Hall–Kier alpha value is -2.89. The largest absolute Gasteiger partial charge is 0.461 e. The summed E-state index contributed by atoms with van der Waals surface area (Å²) in [7, 11) is 0. The molecular weight excluding hydrogens is 410 g/mol. The van der Waals surface area contributed by atoms with Crippen molar-refractivity contribution in [3.8, 4) is 28.4 Å². The number of nitrogens with zero attached hydrogens (tertiary/aromatic N) is 2. The quantitative estimate of drug-likeness (QED) is 0.412.